The molecule has 0 aromatic carbocycles. The monoisotopic (exact) mass is 210 g/mol. The Morgan fingerprint density at radius 3 is 2.86 bits per heavy atom. The molecule has 0 amide bonds. The second-order valence-corrected chi connectivity index (χ2v) is 5.07. The van der Waals surface area contributed by atoms with Crippen LogP contribution in [0, 0.1) is 6.92 Å². The summed E-state index contributed by atoms with van der Waals surface area (Å²) in [6.07, 6.45) is 4.12. The van der Waals surface area contributed by atoms with Crippen LogP contribution in [0.5, 0.6) is 0 Å². The largest absolute Gasteiger partial charge is 0.311 e. The highest BCUT2D eigenvalue weighted by atomic mass is 32.1. The van der Waals surface area contributed by atoms with Gasteiger partial charge in [0.1, 0.15) is 0 Å². The van der Waals surface area contributed by atoms with Gasteiger partial charge in [-0.2, -0.15) is 0 Å². The molecule has 0 saturated carbocycles. The number of aromatic nitrogens is 1. The molecule has 1 N–H and O–H groups in total. The quantitative estimate of drug-likeness (QED) is 0.826. The fourth-order valence-electron chi connectivity index (χ4n) is 1.10. The Morgan fingerprint density at radius 1 is 1.64 bits per heavy atom. The third-order valence-corrected chi connectivity index (χ3v) is 2.68. The summed E-state index contributed by atoms with van der Waals surface area (Å²) < 4.78 is 0. The molecule has 0 fully saturated rings. The fraction of sp³-hybridized carbons (Fsp3) is 0.545. The second kappa shape index (κ2) is 5.27. The molecule has 0 aliphatic carbocycles. The van der Waals surface area contributed by atoms with Gasteiger partial charge in [0.2, 0.25) is 0 Å². The molecule has 1 aromatic heterocycles. The number of hydrogen-bond donors (Lipinski definition) is 1. The summed E-state index contributed by atoms with van der Waals surface area (Å²) in [5.74, 6) is 0. The molecule has 0 aliphatic rings. The predicted molar refractivity (Wildman–Crippen MR) is 63.6 cm³/mol. The number of nitrogens with one attached hydrogen (secondary N) is 1. The van der Waals surface area contributed by atoms with Gasteiger partial charge in [-0.1, -0.05) is 19.4 Å². The molecule has 1 aromatic rings. The van der Waals surface area contributed by atoms with Gasteiger partial charge < -0.3 is 5.32 Å². The number of aryl methyl sites for hydroxylation is 1. The SMILES string of the molecule is CC(=Cc1cnc(C)s1)CNC(C)C. The molecule has 0 unspecified atom stereocenters. The highest BCUT2D eigenvalue weighted by Gasteiger charge is 1.96. The van der Waals surface area contributed by atoms with E-state index in [0.717, 1.165) is 11.6 Å². The van der Waals surface area contributed by atoms with Gasteiger partial charge in [-0.05, 0) is 19.9 Å². The molecule has 0 atom stereocenters. The van der Waals surface area contributed by atoms with Crippen molar-refractivity contribution in [1.82, 2.24) is 10.3 Å². The van der Waals surface area contributed by atoms with Crippen LogP contribution in [0.25, 0.3) is 6.08 Å². The minimum atomic E-state index is 0.543. The van der Waals surface area contributed by atoms with Crippen molar-refractivity contribution in [1.29, 1.82) is 0 Å². The van der Waals surface area contributed by atoms with E-state index in [9.17, 15) is 0 Å². The Hall–Kier alpha value is -0.670. The van der Waals surface area contributed by atoms with Gasteiger partial charge in [0.15, 0.2) is 0 Å². The van der Waals surface area contributed by atoms with E-state index in [4.69, 9.17) is 0 Å². The third kappa shape index (κ3) is 4.03. The summed E-state index contributed by atoms with van der Waals surface area (Å²) in [5, 5.41) is 4.51. The van der Waals surface area contributed by atoms with Crippen LogP contribution in [0.15, 0.2) is 11.8 Å². The van der Waals surface area contributed by atoms with E-state index in [-0.39, 0.29) is 0 Å². The highest BCUT2D eigenvalue weighted by Crippen LogP contribution is 2.14. The van der Waals surface area contributed by atoms with E-state index in [0.29, 0.717) is 6.04 Å². The molecular formula is C11H18N2S. The molecule has 1 heterocycles. The summed E-state index contributed by atoms with van der Waals surface area (Å²) in [6, 6.07) is 0.543. The fourth-order valence-corrected chi connectivity index (χ4v) is 1.92. The zero-order valence-electron chi connectivity index (χ0n) is 9.29. The van der Waals surface area contributed by atoms with Crippen molar-refractivity contribution < 1.29 is 0 Å². The number of rotatable bonds is 4. The molecule has 0 bridgehead atoms. The molecule has 0 saturated heterocycles. The lowest BCUT2D eigenvalue weighted by Crippen LogP contribution is -2.24. The lowest BCUT2D eigenvalue weighted by molar-refractivity contribution is 0.623. The van der Waals surface area contributed by atoms with Crippen LogP contribution < -0.4 is 5.32 Å². The number of nitrogens with zero attached hydrogens (tertiary/aromatic N) is 1. The molecule has 1 rings (SSSR count). The first-order chi connectivity index (χ1) is 6.58. The molecule has 78 valence electrons. The first kappa shape index (κ1) is 11.4. The average Bonchev–Trinajstić information content (AvgIpc) is 2.48. The average molecular weight is 210 g/mol. The predicted octanol–water partition coefficient (Wildman–Crippen LogP) is 2.85. The molecule has 3 heteroatoms. The lowest BCUT2D eigenvalue weighted by atomic mass is 10.2. The molecule has 0 radical (unpaired) electrons. The second-order valence-electron chi connectivity index (χ2n) is 3.81. The molecule has 14 heavy (non-hydrogen) atoms. The van der Waals surface area contributed by atoms with Crippen LogP contribution in [0.4, 0.5) is 0 Å². The maximum atomic E-state index is 4.22. The van der Waals surface area contributed by atoms with Crippen molar-refractivity contribution in [2.75, 3.05) is 6.54 Å². The Labute approximate surface area is 90.1 Å². The number of thiazole rings is 1. The van der Waals surface area contributed by atoms with Crippen molar-refractivity contribution in [3.63, 3.8) is 0 Å². The Kier molecular flexibility index (Phi) is 4.29. The summed E-state index contributed by atoms with van der Waals surface area (Å²) in [5.41, 5.74) is 1.35. The van der Waals surface area contributed by atoms with Crippen LogP contribution in [0.2, 0.25) is 0 Å². The van der Waals surface area contributed by atoms with Gasteiger partial charge in [0.25, 0.3) is 0 Å². The van der Waals surface area contributed by atoms with Crippen molar-refractivity contribution in [2.45, 2.75) is 33.7 Å². The van der Waals surface area contributed by atoms with Gasteiger partial charge in [-0.3, -0.25) is 0 Å². The molecule has 0 aliphatic heterocycles. The van der Waals surface area contributed by atoms with E-state index in [1.54, 1.807) is 11.3 Å². The van der Waals surface area contributed by atoms with Gasteiger partial charge >= 0.3 is 0 Å². The topological polar surface area (TPSA) is 24.9 Å². The van der Waals surface area contributed by atoms with Crippen LogP contribution in [-0.4, -0.2) is 17.6 Å². The van der Waals surface area contributed by atoms with Crippen LogP contribution in [0.1, 0.15) is 30.7 Å². The normalized spacial score (nSPS) is 12.5. The minimum Gasteiger partial charge on any atom is -0.311 e. The van der Waals surface area contributed by atoms with Gasteiger partial charge in [0.05, 0.1) is 5.01 Å². The first-order valence-corrected chi connectivity index (χ1v) is 5.72. The standard InChI is InChI=1S/C11H18N2S/c1-8(2)12-6-9(3)5-11-7-13-10(4)14-11/h5,7-8,12H,6H2,1-4H3. The summed E-state index contributed by atoms with van der Waals surface area (Å²) in [4.78, 5) is 5.46. The van der Waals surface area contributed by atoms with Gasteiger partial charge in [-0.15, -0.1) is 11.3 Å². The Morgan fingerprint density at radius 2 is 2.36 bits per heavy atom. The first-order valence-electron chi connectivity index (χ1n) is 4.91. The van der Waals surface area contributed by atoms with Crippen LogP contribution in [0.3, 0.4) is 0 Å². The maximum absolute atomic E-state index is 4.22. The van der Waals surface area contributed by atoms with Crippen molar-refractivity contribution in [3.05, 3.63) is 21.7 Å². The van der Waals surface area contributed by atoms with E-state index in [1.807, 2.05) is 13.1 Å². The molecule has 0 spiro atoms. The van der Waals surface area contributed by atoms with Crippen LogP contribution in [-0.2, 0) is 0 Å². The van der Waals surface area contributed by atoms with Crippen molar-refractivity contribution in [3.8, 4) is 0 Å². The van der Waals surface area contributed by atoms with E-state index in [1.165, 1.54) is 10.5 Å². The summed E-state index contributed by atoms with van der Waals surface area (Å²) >= 11 is 1.74. The van der Waals surface area contributed by atoms with Crippen molar-refractivity contribution >= 4 is 17.4 Å². The van der Waals surface area contributed by atoms with Gasteiger partial charge in [-0.25, -0.2) is 4.98 Å². The van der Waals surface area contributed by atoms with E-state index < -0.39 is 0 Å². The molecule has 2 nitrogen and oxygen atoms in total. The summed E-state index contributed by atoms with van der Waals surface area (Å²) in [6.45, 7) is 9.44. The van der Waals surface area contributed by atoms with E-state index in [2.05, 4.69) is 37.1 Å². The van der Waals surface area contributed by atoms with Crippen LogP contribution >= 0.6 is 11.3 Å². The third-order valence-electron chi connectivity index (χ3n) is 1.82. The highest BCUT2D eigenvalue weighted by molar-refractivity contribution is 7.12. The zero-order chi connectivity index (χ0) is 10.6. The Bertz CT molecular complexity index is 313. The molecular weight excluding hydrogens is 192 g/mol. The minimum absolute atomic E-state index is 0.543. The smallest absolute Gasteiger partial charge is 0.0900 e. The van der Waals surface area contributed by atoms with Gasteiger partial charge in [0, 0.05) is 23.7 Å². The zero-order valence-corrected chi connectivity index (χ0v) is 10.1. The lowest BCUT2D eigenvalue weighted by Gasteiger charge is -2.07. The van der Waals surface area contributed by atoms with Crippen molar-refractivity contribution in [2.24, 2.45) is 0 Å². The summed E-state index contributed by atoms with van der Waals surface area (Å²) in [7, 11) is 0. The Balaban J connectivity index is 2.51. The maximum Gasteiger partial charge on any atom is 0.0900 e. The van der Waals surface area contributed by atoms with E-state index >= 15 is 0 Å². The number of hydrogen-bond acceptors (Lipinski definition) is 3.